The molecule has 1 saturated heterocycles. The van der Waals surface area contributed by atoms with Gasteiger partial charge in [0.15, 0.2) is 0 Å². The summed E-state index contributed by atoms with van der Waals surface area (Å²) in [4.78, 5) is 12.3. The maximum Gasteiger partial charge on any atom is 0.433 e. The average molecular weight is 456 g/mol. The van der Waals surface area contributed by atoms with Crippen LogP contribution in [0.15, 0.2) is 50.3 Å². The van der Waals surface area contributed by atoms with Crippen molar-refractivity contribution in [2.45, 2.75) is 11.8 Å². The van der Waals surface area contributed by atoms with E-state index in [9.17, 15) is 18.5 Å². The molecule has 144 valence electrons. The fraction of sp³-hybridized carbons (Fsp3) is 0.294. The van der Waals surface area contributed by atoms with Crippen molar-refractivity contribution >= 4 is 37.9 Å². The summed E-state index contributed by atoms with van der Waals surface area (Å²) in [5.41, 5.74) is 0.866. The van der Waals surface area contributed by atoms with Crippen LogP contribution in [0.3, 0.4) is 0 Å². The molecule has 0 radical (unpaired) electrons. The third-order valence-electron chi connectivity index (χ3n) is 4.28. The molecule has 0 aliphatic carbocycles. The number of hydrogen-bond donors (Lipinski definition) is 0. The highest BCUT2D eigenvalue weighted by Crippen LogP contribution is 2.23. The third-order valence-corrected chi connectivity index (χ3v) is 7.07. The third kappa shape index (κ3) is 4.40. The Hall–Kier alpha value is -2.17. The molecule has 1 aromatic carbocycles. The van der Waals surface area contributed by atoms with E-state index < -0.39 is 14.9 Å². The Morgan fingerprint density at radius 1 is 1.19 bits per heavy atom. The zero-order valence-electron chi connectivity index (χ0n) is 14.5. The van der Waals surface area contributed by atoms with Gasteiger partial charge in [0.05, 0.1) is 11.0 Å². The van der Waals surface area contributed by atoms with Gasteiger partial charge < -0.3 is 9.32 Å². The Morgan fingerprint density at radius 2 is 1.89 bits per heavy atom. The summed E-state index contributed by atoms with van der Waals surface area (Å²) in [6.45, 7) is 3.62. The van der Waals surface area contributed by atoms with Crippen LogP contribution in [0.25, 0.3) is 6.08 Å². The van der Waals surface area contributed by atoms with Gasteiger partial charge in [-0.15, -0.1) is 0 Å². The van der Waals surface area contributed by atoms with Crippen LogP contribution >= 0.6 is 15.9 Å². The molecule has 1 aliphatic heterocycles. The van der Waals surface area contributed by atoms with Crippen LogP contribution in [0.5, 0.6) is 0 Å². The SMILES string of the molecule is Cc1cc(S(=O)(=O)N2CCN(C=Cc3ccc([N+](=O)[O-])o3)CC2)ccc1Br. The molecule has 1 fully saturated rings. The molecule has 2 heterocycles. The number of nitrogens with zero attached hydrogens (tertiary/aromatic N) is 3. The standard InChI is InChI=1S/C17H18BrN3O5S/c1-13-12-15(3-4-16(13)18)27(24,25)20-10-8-19(9-11-20)7-6-14-2-5-17(26-14)21(22)23/h2-7,12H,8-11H2,1H3. The van der Waals surface area contributed by atoms with Gasteiger partial charge in [-0.3, -0.25) is 10.1 Å². The molecule has 0 bridgehead atoms. The van der Waals surface area contributed by atoms with E-state index in [0.717, 1.165) is 10.0 Å². The second-order valence-corrected chi connectivity index (χ2v) is 8.89. The van der Waals surface area contributed by atoms with Gasteiger partial charge in [0.1, 0.15) is 10.7 Å². The van der Waals surface area contributed by atoms with E-state index in [2.05, 4.69) is 15.9 Å². The molecule has 2 aromatic rings. The molecule has 0 spiro atoms. The first-order valence-electron chi connectivity index (χ1n) is 8.20. The number of hydrogen-bond acceptors (Lipinski definition) is 6. The van der Waals surface area contributed by atoms with Crippen molar-refractivity contribution in [1.29, 1.82) is 0 Å². The molecular weight excluding hydrogens is 438 g/mol. The fourth-order valence-electron chi connectivity index (χ4n) is 2.73. The molecule has 0 amide bonds. The highest BCUT2D eigenvalue weighted by Gasteiger charge is 2.28. The molecule has 8 nitrogen and oxygen atoms in total. The molecule has 27 heavy (non-hydrogen) atoms. The monoisotopic (exact) mass is 455 g/mol. The van der Waals surface area contributed by atoms with Crippen molar-refractivity contribution in [1.82, 2.24) is 9.21 Å². The highest BCUT2D eigenvalue weighted by molar-refractivity contribution is 9.10. The number of rotatable bonds is 5. The van der Waals surface area contributed by atoms with Gasteiger partial charge in [-0.1, -0.05) is 15.9 Å². The summed E-state index contributed by atoms with van der Waals surface area (Å²) in [5, 5.41) is 10.6. The van der Waals surface area contributed by atoms with Crippen LogP contribution in [0.2, 0.25) is 0 Å². The summed E-state index contributed by atoms with van der Waals surface area (Å²) in [6.07, 6.45) is 3.39. The van der Waals surface area contributed by atoms with E-state index in [1.807, 2.05) is 11.8 Å². The van der Waals surface area contributed by atoms with E-state index in [0.29, 0.717) is 31.9 Å². The maximum atomic E-state index is 12.8. The zero-order chi connectivity index (χ0) is 19.6. The van der Waals surface area contributed by atoms with Gasteiger partial charge in [-0.2, -0.15) is 4.31 Å². The van der Waals surface area contributed by atoms with Crippen molar-refractivity contribution in [3.05, 3.63) is 62.4 Å². The molecule has 10 heteroatoms. The second-order valence-electron chi connectivity index (χ2n) is 6.10. The Labute approximate surface area is 165 Å². The van der Waals surface area contributed by atoms with Crippen molar-refractivity contribution in [2.75, 3.05) is 26.2 Å². The van der Waals surface area contributed by atoms with E-state index >= 15 is 0 Å². The molecule has 3 rings (SSSR count). The molecule has 0 atom stereocenters. The largest absolute Gasteiger partial charge is 0.433 e. The topological polar surface area (TPSA) is 96.9 Å². The Kier molecular flexibility index (Phi) is 5.68. The van der Waals surface area contributed by atoms with Gasteiger partial charge in [0.2, 0.25) is 10.0 Å². The first kappa shape index (κ1) is 19.6. The molecule has 0 N–H and O–H groups in total. The number of aryl methyl sites for hydroxylation is 1. The van der Waals surface area contributed by atoms with Gasteiger partial charge in [0.25, 0.3) is 0 Å². The Balaban J connectivity index is 1.63. The van der Waals surface area contributed by atoms with Crippen LogP contribution in [0, 0.1) is 17.0 Å². The smallest absolute Gasteiger partial charge is 0.401 e. The quantitative estimate of drug-likeness (QED) is 0.506. The minimum Gasteiger partial charge on any atom is -0.401 e. The predicted octanol–water partition coefficient (Wildman–Crippen LogP) is 3.24. The van der Waals surface area contributed by atoms with Crippen molar-refractivity contribution in [2.24, 2.45) is 0 Å². The van der Waals surface area contributed by atoms with Crippen LogP contribution < -0.4 is 0 Å². The number of piperazine rings is 1. The average Bonchev–Trinajstić information content (AvgIpc) is 3.12. The van der Waals surface area contributed by atoms with E-state index in [1.165, 1.54) is 16.4 Å². The minimum atomic E-state index is -3.53. The number of benzene rings is 1. The summed E-state index contributed by atoms with van der Waals surface area (Å²) in [6, 6.07) is 7.82. The van der Waals surface area contributed by atoms with Crippen molar-refractivity contribution < 1.29 is 17.8 Å². The van der Waals surface area contributed by atoms with Crippen molar-refractivity contribution in [3.8, 4) is 0 Å². The molecule has 1 aromatic heterocycles. The molecule has 1 aliphatic rings. The lowest BCUT2D eigenvalue weighted by Crippen LogP contribution is -2.46. The maximum absolute atomic E-state index is 12.8. The normalized spacial score (nSPS) is 16.1. The number of furan rings is 1. The summed E-state index contributed by atoms with van der Waals surface area (Å²) in [5.74, 6) is 0.0671. The second kappa shape index (κ2) is 7.83. The van der Waals surface area contributed by atoms with Crippen LogP contribution in [-0.4, -0.2) is 48.7 Å². The fourth-order valence-corrected chi connectivity index (χ4v) is 4.48. The Bertz CT molecular complexity index is 978. The van der Waals surface area contributed by atoms with Gasteiger partial charge >= 0.3 is 5.88 Å². The van der Waals surface area contributed by atoms with E-state index in [4.69, 9.17) is 4.42 Å². The first-order chi connectivity index (χ1) is 12.8. The van der Waals surface area contributed by atoms with Gasteiger partial charge in [-0.25, -0.2) is 8.42 Å². The van der Waals surface area contributed by atoms with Crippen LogP contribution in [0.4, 0.5) is 5.88 Å². The summed E-state index contributed by atoms with van der Waals surface area (Å²) in [7, 11) is -3.53. The van der Waals surface area contributed by atoms with Gasteiger partial charge in [0, 0.05) is 36.9 Å². The summed E-state index contributed by atoms with van der Waals surface area (Å²) >= 11 is 3.38. The lowest BCUT2D eigenvalue weighted by atomic mass is 10.2. The van der Waals surface area contributed by atoms with E-state index in [-0.39, 0.29) is 10.8 Å². The molecule has 0 saturated carbocycles. The first-order valence-corrected chi connectivity index (χ1v) is 10.4. The predicted molar refractivity (Wildman–Crippen MR) is 104 cm³/mol. The zero-order valence-corrected chi connectivity index (χ0v) is 16.9. The van der Waals surface area contributed by atoms with Crippen LogP contribution in [-0.2, 0) is 10.0 Å². The van der Waals surface area contributed by atoms with Crippen molar-refractivity contribution in [3.63, 3.8) is 0 Å². The molecular formula is C17H18BrN3O5S. The lowest BCUT2D eigenvalue weighted by Gasteiger charge is -2.33. The number of nitro groups is 1. The summed E-state index contributed by atoms with van der Waals surface area (Å²) < 4.78 is 33.0. The lowest BCUT2D eigenvalue weighted by molar-refractivity contribution is -0.402. The van der Waals surface area contributed by atoms with E-state index in [1.54, 1.807) is 30.5 Å². The van der Waals surface area contributed by atoms with Gasteiger partial charge in [-0.05, 0) is 42.8 Å². The van der Waals surface area contributed by atoms with Crippen LogP contribution in [0.1, 0.15) is 11.3 Å². The minimum absolute atomic E-state index is 0.287. The Morgan fingerprint density at radius 3 is 2.48 bits per heavy atom. The highest BCUT2D eigenvalue weighted by atomic mass is 79.9. The molecule has 0 unspecified atom stereocenters. The number of halogens is 1. The number of sulfonamides is 1.